The number of hydrogen-bond acceptors (Lipinski definition) is 5. The summed E-state index contributed by atoms with van der Waals surface area (Å²) in [5.74, 6) is 0.312. The second-order valence-corrected chi connectivity index (χ2v) is 8.48. The van der Waals surface area contributed by atoms with Crippen molar-refractivity contribution in [3.63, 3.8) is 0 Å². The Kier molecular flexibility index (Phi) is 4.72. The van der Waals surface area contributed by atoms with Crippen LogP contribution in [0.4, 0.5) is 19.1 Å². The topological polar surface area (TPSA) is 80.9 Å². The molecule has 32 heavy (non-hydrogen) atoms. The van der Waals surface area contributed by atoms with E-state index in [1.807, 2.05) is 24.0 Å². The van der Waals surface area contributed by atoms with Crippen LogP contribution in [0.5, 0.6) is 0 Å². The second kappa shape index (κ2) is 7.35. The molecule has 5 rings (SSSR count). The molecule has 1 saturated carbocycles. The summed E-state index contributed by atoms with van der Waals surface area (Å²) < 4.78 is 40.3. The SMILES string of the molecule is Cc1ccc(C(=O)N2CC3CC(Nc4ncc(C(F)(F)F)n4C)C2C3)c(-n2nccn2)c1. The minimum Gasteiger partial charge on any atom is -0.351 e. The molecule has 3 heterocycles. The molecule has 3 atom stereocenters. The van der Waals surface area contributed by atoms with Crippen LogP contribution < -0.4 is 5.32 Å². The molecule has 0 spiro atoms. The normalized spacial score (nSPS) is 22.5. The van der Waals surface area contributed by atoms with E-state index in [0.29, 0.717) is 23.7 Å². The number of fused-ring (bicyclic) bond motifs is 2. The lowest BCUT2D eigenvalue weighted by atomic mass is 10.0. The monoisotopic (exact) mass is 445 g/mol. The van der Waals surface area contributed by atoms with Gasteiger partial charge in [0.25, 0.3) is 5.91 Å². The van der Waals surface area contributed by atoms with Crippen LogP contribution in [-0.4, -0.2) is 54.0 Å². The second-order valence-electron chi connectivity index (χ2n) is 8.48. The number of anilines is 1. The number of nitrogens with zero attached hydrogens (tertiary/aromatic N) is 6. The van der Waals surface area contributed by atoms with Crippen molar-refractivity contribution in [2.45, 2.75) is 38.0 Å². The van der Waals surface area contributed by atoms with Crippen molar-refractivity contribution < 1.29 is 18.0 Å². The van der Waals surface area contributed by atoms with Gasteiger partial charge in [-0.25, -0.2) is 4.98 Å². The van der Waals surface area contributed by atoms with E-state index in [2.05, 4.69) is 20.5 Å². The highest BCUT2D eigenvalue weighted by molar-refractivity contribution is 5.98. The average molecular weight is 445 g/mol. The summed E-state index contributed by atoms with van der Waals surface area (Å²) in [6.45, 7) is 2.55. The van der Waals surface area contributed by atoms with Gasteiger partial charge in [-0.05, 0) is 43.4 Å². The first-order valence-corrected chi connectivity index (χ1v) is 10.4. The Labute approximate surface area is 182 Å². The highest BCUT2D eigenvalue weighted by atomic mass is 19.4. The van der Waals surface area contributed by atoms with Crippen molar-refractivity contribution >= 4 is 11.9 Å². The van der Waals surface area contributed by atoms with Gasteiger partial charge in [-0.2, -0.15) is 28.2 Å². The summed E-state index contributed by atoms with van der Waals surface area (Å²) in [6.07, 6.45) is 1.05. The van der Waals surface area contributed by atoms with Gasteiger partial charge in [-0.1, -0.05) is 6.07 Å². The highest BCUT2D eigenvalue weighted by Gasteiger charge is 2.48. The molecule has 168 valence electrons. The molecule has 1 aromatic carbocycles. The molecule has 3 unspecified atom stereocenters. The number of hydrogen-bond donors (Lipinski definition) is 1. The molecule has 0 radical (unpaired) electrons. The molecule has 2 aromatic heterocycles. The number of rotatable bonds is 4. The van der Waals surface area contributed by atoms with Crippen LogP contribution in [0.25, 0.3) is 5.69 Å². The molecule has 3 aromatic rings. The molecular formula is C21H22F3N7O. The Bertz CT molecular complexity index is 1150. The number of aryl methyl sites for hydroxylation is 1. The fraction of sp³-hybridized carbons (Fsp3) is 0.429. The van der Waals surface area contributed by atoms with E-state index in [0.717, 1.165) is 29.2 Å². The molecule has 1 aliphatic heterocycles. The molecule has 2 bridgehead atoms. The first-order valence-electron chi connectivity index (χ1n) is 10.4. The summed E-state index contributed by atoms with van der Waals surface area (Å²) in [7, 11) is 1.34. The number of nitrogens with one attached hydrogen (secondary N) is 1. The fourth-order valence-corrected chi connectivity index (χ4v) is 4.87. The summed E-state index contributed by atoms with van der Waals surface area (Å²) in [4.78, 5) is 20.7. The smallest absolute Gasteiger partial charge is 0.351 e. The zero-order valence-corrected chi connectivity index (χ0v) is 17.5. The number of benzene rings is 1. The number of carbonyl (C=O) groups excluding carboxylic acids is 1. The molecule has 1 amide bonds. The Morgan fingerprint density at radius 2 is 1.94 bits per heavy atom. The molecule has 8 nitrogen and oxygen atoms in total. The third-order valence-electron chi connectivity index (χ3n) is 6.35. The number of imidazole rings is 1. The Hall–Kier alpha value is -3.37. The van der Waals surface area contributed by atoms with Crippen molar-refractivity contribution in [3.05, 3.63) is 53.6 Å². The van der Waals surface area contributed by atoms with Gasteiger partial charge in [-0.3, -0.25) is 4.79 Å². The number of likely N-dealkylation sites (tertiary alicyclic amines) is 1. The largest absolute Gasteiger partial charge is 0.433 e. The van der Waals surface area contributed by atoms with Crippen LogP contribution in [0, 0.1) is 12.8 Å². The lowest BCUT2D eigenvalue weighted by Crippen LogP contribution is -2.48. The van der Waals surface area contributed by atoms with E-state index in [-0.39, 0.29) is 23.9 Å². The number of halogens is 3. The number of piperidine rings is 1. The van der Waals surface area contributed by atoms with Crippen LogP contribution in [0.3, 0.4) is 0 Å². The minimum atomic E-state index is -4.47. The molecule has 1 N–H and O–H groups in total. The number of alkyl halides is 3. The number of amides is 1. The third kappa shape index (κ3) is 3.41. The van der Waals surface area contributed by atoms with Crippen LogP contribution in [0.1, 0.15) is 34.5 Å². The summed E-state index contributed by atoms with van der Waals surface area (Å²) >= 11 is 0. The van der Waals surface area contributed by atoms with E-state index < -0.39 is 11.9 Å². The minimum absolute atomic E-state index is 0.127. The molecule has 11 heteroatoms. The van der Waals surface area contributed by atoms with Gasteiger partial charge in [-0.15, -0.1) is 0 Å². The van der Waals surface area contributed by atoms with Crippen LogP contribution in [0.2, 0.25) is 0 Å². The van der Waals surface area contributed by atoms with Gasteiger partial charge in [0.15, 0.2) is 0 Å². The van der Waals surface area contributed by atoms with Gasteiger partial charge < -0.3 is 14.8 Å². The van der Waals surface area contributed by atoms with E-state index in [9.17, 15) is 18.0 Å². The van der Waals surface area contributed by atoms with Crippen LogP contribution in [0.15, 0.2) is 36.8 Å². The Morgan fingerprint density at radius 3 is 2.59 bits per heavy atom. The van der Waals surface area contributed by atoms with Crippen molar-refractivity contribution in [1.29, 1.82) is 0 Å². The van der Waals surface area contributed by atoms with Gasteiger partial charge in [0.1, 0.15) is 5.69 Å². The Balaban J connectivity index is 1.39. The summed E-state index contributed by atoms with van der Waals surface area (Å²) in [5, 5.41) is 11.5. The molecule has 2 fully saturated rings. The summed E-state index contributed by atoms with van der Waals surface area (Å²) in [5.41, 5.74) is 1.26. The third-order valence-corrected chi connectivity index (χ3v) is 6.35. The zero-order chi connectivity index (χ0) is 22.6. The van der Waals surface area contributed by atoms with Crippen molar-refractivity contribution in [1.82, 2.24) is 29.4 Å². The van der Waals surface area contributed by atoms with Crippen molar-refractivity contribution in [3.8, 4) is 5.69 Å². The maximum absolute atomic E-state index is 13.5. The lowest BCUT2D eigenvalue weighted by molar-refractivity contribution is -0.143. The number of aromatic nitrogens is 5. The van der Waals surface area contributed by atoms with Crippen molar-refractivity contribution in [2.75, 3.05) is 11.9 Å². The average Bonchev–Trinajstić information content (AvgIpc) is 3.52. The quantitative estimate of drug-likeness (QED) is 0.668. The molecular weight excluding hydrogens is 423 g/mol. The predicted octanol–water partition coefficient (Wildman–Crippen LogP) is 3.04. The van der Waals surface area contributed by atoms with Crippen molar-refractivity contribution in [2.24, 2.45) is 13.0 Å². The van der Waals surface area contributed by atoms with E-state index >= 15 is 0 Å². The molecule has 2 aliphatic rings. The molecule has 1 saturated heterocycles. The zero-order valence-electron chi connectivity index (χ0n) is 17.5. The predicted molar refractivity (Wildman–Crippen MR) is 109 cm³/mol. The maximum atomic E-state index is 13.5. The maximum Gasteiger partial charge on any atom is 0.433 e. The van der Waals surface area contributed by atoms with Gasteiger partial charge in [0, 0.05) is 19.6 Å². The standard InChI is InChI=1S/C21H22F3N7O/c1-12-3-4-14(16(7-12)31-26-5-6-27-31)19(32)30-11-13-8-15(17(30)9-13)28-20-25-10-18(29(20)2)21(22,23)24/h3-7,10,13,15,17H,8-9,11H2,1-2H3,(H,25,28). The molecule has 1 aliphatic carbocycles. The first-order chi connectivity index (χ1) is 15.2. The lowest BCUT2D eigenvalue weighted by Gasteiger charge is -2.34. The fourth-order valence-electron chi connectivity index (χ4n) is 4.87. The first kappa shape index (κ1) is 20.5. The van der Waals surface area contributed by atoms with E-state index in [4.69, 9.17) is 0 Å². The van der Waals surface area contributed by atoms with E-state index in [1.165, 1.54) is 11.8 Å². The summed E-state index contributed by atoms with van der Waals surface area (Å²) in [6, 6.07) is 5.22. The van der Waals surface area contributed by atoms with Gasteiger partial charge >= 0.3 is 6.18 Å². The van der Waals surface area contributed by atoms with Gasteiger partial charge in [0.05, 0.1) is 35.9 Å². The number of carbonyl (C=O) groups is 1. The van der Waals surface area contributed by atoms with Crippen LogP contribution >= 0.6 is 0 Å². The van der Waals surface area contributed by atoms with Crippen LogP contribution in [-0.2, 0) is 13.2 Å². The highest BCUT2D eigenvalue weighted by Crippen LogP contribution is 2.40. The Morgan fingerprint density at radius 1 is 1.19 bits per heavy atom. The van der Waals surface area contributed by atoms with E-state index in [1.54, 1.807) is 18.5 Å². The van der Waals surface area contributed by atoms with Gasteiger partial charge in [0.2, 0.25) is 5.95 Å².